The highest BCUT2D eigenvalue weighted by atomic mass is 35.5. The Morgan fingerprint density at radius 2 is 2.11 bits per heavy atom. The molecule has 1 unspecified atom stereocenters. The van der Waals surface area contributed by atoms with Crippen LogP contribution in [-0.4, -0.2) is 10.1 Å². The quantitative estimate of drug-likeness (QED) is 0.925. The van der Waals surface area contributed by atoms with Gasteiger partial charge in [-0.25, -0.2) is 4.39 Å². The van der Waals surface area contributed by atoms with E-state index < -0.39 is 11.9 Å². The molecule has 100 valence electrons. The number of benzene rings is 1. The standard InChI is InChI=1S/C15H15ClFNO/c1-2-10-3-5-12(18-9-10)8-15(19)13-6-4-11(16)7-14(13)17/h3-7,9,15,19H,2,8H2,1H3. The Balaban J connectivity index is 2.13. The fourth-order valence-corrected chi connectivity index (χ4v) is 2.02. The predicted molar refractivity (Wildman–Crippen MR) is 73.7 cm³/mol. The molecule has 0 aliphatic carbocycles. The average Bonchev–Trinajstić information content (AvgIpc) is 2.39. The van der Waals surface area contributed by atoms with E-state index >= 15 is 0 Å². The summed E-state index contributed by atoms with van der Waals surface area (Å²) in [5.41, 5.74) is 2.11. The molecule has 4 heteroatoms. The van der Waals surface area contributed by atoms with Crippen molar-refractivity contribution in [3.63, 3.8) is 0 Å². The number of pyridine rings is 1. The number of aliphatic hydroxyl groups excluding tert-OH is 1. The van der Waals surface area contributed by atoms with Crippen LogP contribution in [0, 0.1) is 5.82 Å². The molecule has 0 saturated carbocycles. The van der Waals surface area contributed by atoms with E-state index in [9.17, 15) is 9.50 Å². The summed E-state index contributed by atoms with van der Waals surface area (Å²) in [4.78, 5) is 4.25. The Hall–Kier alpha value is -1.45. The number of hydrogen-bond donors (Lipinski definition) is 1. The molecule has 2 rings (SSSR count). The van der Waals surface area contributed by atoms with Crippen molar-refractivity contribution < 1.29 is 9.50 Å². The summed E-state index contributed by atoms with van der Waals surface area (Å²) < 4.78 is 13.7. The van der Waals surface area contributed by atoms with Gasteiger partial charge < -0.3 is 5.11 Å². The van der Waals surface area contributed by atoms with Gasteiger partial charge in [0.1, 0.15) is 5.82 Å². The Bertz CT molecular complexity index is 557. The monoisotopic (exact) mass is 279 g/mol. The van der Waals surface area contributed by atoms with Crippen LogP contribution in [-0.2, 0) is 12.8 Å². The van der Waals surface area contributed by atoms with Gasteiger partial charge in [-0.15, -0.1) is 0 Å². The SMILES string of the molecule is CCc1ccc(CC(O)c2ccc(Cl)cc2F)nc1. The minimum atomic E-state index is -0.919. The zero-order valence-electron chi connectivity index (χ0n) is 10.6. The average molecular weight is 280 g/mol. The maximum Gasteiger partial charge on any atom is 0.130 e. The van der Waals surface area contributed by atoms with Gasteiger partial charge in [0.2, 0.25) is 0 Å². The van der Waals surface area contributed by atoms with Gasteiger partial charge in [0, 0.05) is 28.9 Å². The molecule has 1 aromatic heterocycles. The Kier molecular flexibility index (Phi) is 4.51. The van der Waals surface area contributed by atoms with Crippen molar-refractivity contribution in [2.45, 2.75) is 25.9 Å². The van der Waals surface area contributed by atoms with Crippen LogP contribution in [0.1, 0.15) is 29.8 Å². The molecule has 2 nitrogen and oxygen atoms in total. The second kappa shape index (κ2) is 6.13. The van der Waals surface area contributed by atoms with Gasteiger partial charge in [0.15, 0.2) is 0 Å². The lowest BCUT2D eigenvalue weighted by molar-refractivity contribution is 0.172. The molecule has 2 aromatic rings. The fourth-order valence-electron chi connectivity index (χ4n) is 1.86. The van der Waals surface area contributed by atoms with Gasteiger partial charge in [-0.3, -0.25) is 4.98 Å². The molecule has 0 bridgehead atoms. The van der Waals surface area contributed by atoms with E-state index in [1.54, 1.807) is 12.3 Å². The smallest absolute Gasteiger partial charge is 0.130 e. The van der Waals surface area contributed by atoms with Crippen LogP contribution in [0.15, 0.2) is 36.5 Å². The van der Waals surface area contributed by atoms with Crippen molar-refractivity contribution in [2.75, 3.05) is 0 Å². The van der Waals surface area contributed by atoms with Crippen molar-refractivity contribution in [1.82, 2.24) is 4.98 Å². The molecule has 1 N–H and O–H groups in total. The highest BCUT2D eigenvalue weighted by Crippen LogP contribution is 2.23. The van der Waals surface area contributed by atoms with Gasteiger partial charge in [0.25, 0.3) is 0 Å². The van der Waals surface area contributed by atoms with Crippen LogP contribution in [0.25, 0.3) is 0 Å². The largest absolute Gasteiger partial charge is 0.388 e. The van der Waals surface area contributed by atoms with Crippen LogP contribution in [0.3, 0.4) is 0 Å². The predicted octanol–water partition coefficient (Wildman–Crippen LogP) is 3.71. The number of halogens is 2. The summed E-state index contributed by atoms with van der Waals surface area (Å²) in [5, 5.41) is 10.4. The molecule has 0 spiro atoms. The summed E-state index contributed by atoms with van der Waals surface area (Å²) in [7, 11) is 0. The Morgan fingerprint density at radius 1 is 1.32 bits per heavy atom. The van der Waals surface area contributed by atoms with Gasteiger partial charge in [-0.05, 0) is 30.2 Å². The first kappa shape index (κ1) is 14.0. The van der Waals surface area contributed by atoms with E-state index in [4.69, 9.17) is 11.6 Å². The van der Waals surface area contributed by atoms with Gasteiger partial charge in [0.05, 0.1) is 6.10 Å². The number of aryl methyl sites for hydroxylation is 1. The second-order valence-corrected chi connectivity index (χ2v) is 4.83. The number of aliphatic hydroxyl groups is 1. The zero-order chi connectivity index (χ0) is 13.8. The van der Waals surface area contributed by atoms with Crippen LogP contribution in [0.5, 0.6) is 0 Å². The number of hydrogen-bond acceptors (Lipinski definition) is 2. The van der Waals surface area contributed by atoms with Crippen molar-refractivity contribution in [3.05, 3.63) is 64.2 Å². The van der Waals surface area contributed by atoms with Gasteiger partial charge in [-0.2, -0.15) is 0 Å². The summed E-state index contributed by atoms with van der Waals surface area (Å²) >= 11 is 5.68. The number of nitrogens with zero attached hydrogens (tertiary/aromatic N) is 1. The molecular weight excluding hydrogens is 265 g/mol. The highest BCUT2D eigenvalue weighted by Gasteiger charge is 2.14. The highest BCUT2D eigenvalue weighted by molar-refractivity contribution is 6.30. The normalized spacial score (nSPS) is 12.4. The summed E-state index contributed by atoms with van der Waals surface area (Å²) in [6, 6.07) is 8.09. The van der Waals surface area contributed by atoms with Crippen molar-refractivity contribution >= 4 is 11.6 Å². The van der Waals surface area contributed by atoms with Crippen molar-refractivity contribution in [2.24, 2.45) is 0 Å². The lowest BCUT2D eigenvalue weighted by Crippen LogP contribution is -2.05. The fraction of sp³-hybridized carbons (Fsp3) is 0.267. The van der Waals surface area contributed by atoms with Crippen LogP contribution >= 0.6 is 11.6 Å². The van der Waals surface area contributed by atoms with E-state index in [0.29, 0.717) is 5.02 Å². The third-order valence-electron chi connectivity index (χ3n) is 3.02. The van der Waals surface area contributed by atoms with Gasteiger partial charge in [-0.1, -0.05) is 30.7 Å². The molecule has 0 aliphatic heterocycles. The van der Waals surface area contributed by atoms with Crippen LogP contribution in [0.2, 0.25) is 5.02 Å². The lowest BCUT2D eigenvalue weighted by Gasteiger charge is -2.12. The molecule has 1 heterocycles. The Labute approximate surface area is 116 Å². The van der Waals surface area contributed by atoms with Crippen molar-refractivity contribution in [1.29, 1.82) is 0 Å². The summed E-state index contributed by atoms with van der Waals surface area (Å²) in [6.07, 6.45) is 2.06. The first-order chi connectivity index (χ1) is 9.10. The Morgan fingerprint density at radius 3 is 2.68 bits per heavy atom. The topological polar surface area (TPSA) is 33.1 Å². The molecule has 1 aromatic carbocycles. The lowest BCUT2D eigenvalue weighted by atomic mass is 10.0. The maximum atomic E-state index is 13.7. The van der Waals surface area contributed by atoms with E-state index in [-0.39, 0.29) is 12.0 Å². The second-order valence-electron chi connectivity index (χ2n) is 4.40. The minimum absolute atomic E-state index is 0.241. The molecule has 0 saturated heterocycles. The minimum Gasteiger partial charge on any atom is -0.388 e. The summed E-state index contributed by atoms with van der Waals surface area (Å²) in [6.45, 7) is 2.05. The first-order valence-corrected chi connectivity index (χ1v) is 6.54. The zero-order valence-corrected chi connectivity index (χ0v) is 11.4. The molecule has 0 aliphatic rings. The first-order valence-electron chi connectivity index (χ1n) is 6.17. The molecule has 0 amide bonds. The van der Waals surface area contributed by atoms with Crippen LogP contribution in [0.4, 0.5) is 4.39 Å². The molecule has 1 atom stereocenters. The third kappa shape index (κ3) is 3.52. The third-order valence-corrected chi connectivity index (χ3v) is 3.25. The van der Waals surface area contributed by atoms with E-state index in [0.717, 1.165) is 17.7 Å². The van der Waals surface area contributed by atoms with Gasteiger partial charge >= 0.3 is 0 Å². The van der Waals surface area contributed by atoms with E-state index in [1.807, 2.05) is 12.1 Å². The number of rotatable bonds is 4. The van der Waals surface area contributed by atoms with Crippen LogP contribution < -0.4 is 0 Å². The number of aromatic nitrogens is 1. The maximum absolute atomic E-state index is 13.7. The van der Waals surface area contributed by atoms with Crippen molar-refractivity contribution in [3.8, 4) is 0 Å². The molecule has 0 fully saturated rings. The molecule has 0 radical (unpaired) electrons. The van der Waals surface area contributed by atoms with E-state index in [1.165, 1.54) is 12.1 Å². The molecule has 19 heavy (non-hydrogen) atoms. The van der Waals surface area contributed by atoms with E-state index in [2.05, 4.69) is 11.9 Å². The summed E-state index contributed by atoms with van der Waals surface area (Å²) in [5.74, 6) is -0.495. The molecular formula is C15H15ClFNO.